The molecule has 0 bridgehead atoms. The predicted octanol–water partition coefficient (Wildman–Crippen LogP) is 3.58. The number of morpholine rings is 1. The number of pyridine rings is 1. The summed E-state index contributed by atoms with van der Waals surface area (Å²) in [6, 6.07) is 10.3. The first-order chi connectivity index (χ1) is 15.1. The van der Waals surface area contributed by atoms with Gasteiger partial charge < -0.3 is 19.6 Å². The number of benzene rings is 1. The highest BCUT2D eigenvalue weighted by molar-refractivity contribution is 5.89. The first-order valence-electron chi connectivity index (χ1n) is 10.8. The van der Waals surface area contributed by atoms with E-state index < -0.39 is 0 Å². The Hall–Kier alpha value is -2.85. The van der Waals surface area contributed by atoms with Gasteiger partial charge in [-0.1, -0.05) is 11.8 Å². The highest BCUT2D eigenvalue weighted by Crippen LogP contribution is 2.32. The van der Waals surface area contributed by atoms with Crippen LogP contribution in [0.3, 0.4) is 0 Å². The minimum absolute atomic E-state index is 0.0653. The maximum atomic E-state index is 8.99. The minimum Gasteiger partial charge on any atom is -0.491 e. The number of H-pyrrole nitrogens is 1. The van der Waals surface area contributed by atoms with Gasteiger partial charge in [-0.15, -0.1) is 0 Å². The summed E-state index contributed by atoms with van der Waals surface area (Å²) in [5.74, 6) is 6.96. The van der Waals surface area contributed by atoms with Crippen LogP contribution < -0.4 is 4.74 Å². The van der Waals surface area contributed by atoms with Gasteiger partial charge in [0.15, 0.2) is 0 Å². The van der Waals surface area contributed by atoms with Gasteiger partial charge in [0.05, 0.1) is 31.6 Å². The second-order valence-corrected chi connectivity index (χ2v) is 7.95. The molecule has 0 unspecified atom stereocenters. The normalized spacial score (nSPS) is 14.6. The van der Waals surface area contributed by atoms with Gasteiger partial charge in [-0.2, -0.15) is 0 Å². The molecule has 1 saturated heterocycles. The fraction of sp³-hybridized carbons (Fsp3) is 0.400. The van der Waals surface area contributed by atoms with Gasteiger partial charge >= 0.3 is 0 Å². The second-order valence-electron chi connectivity index (χ2n) is 7.95. The first-order valence-corrected chi connectivity index (χ1v) is 10.8. The minimum atomic E-state index is 0.0653. The van der Waals surface area contributed by atoms with E-state index in [4.69, 9.17) is 14.6 Å². The van der Waals surface area contributed by atoms with Gasteiger partial charge in [0, 0.05) is 48.8 Å². The zero-order valence-electron chi connectivity index (χ0n) is 18.1. The lowest BCUT2D eigenvalue weighted by molar-refractivity contribution is 0.0344. The molecule has 0 spiro atoms. The Morgan fingerprint density at radius 3 is 2.71 bits per heavy atom. The fourth-order valence-electron chi connectivity index (χ4n) is 3.78. The number of aliphatic hydroxyl groups excluding tert-OH is 1. The topological polar surface area (TPSA) is 70.6 Å². The standard InChI is InChI=1S/C25H29N3O3/c1-18(2)31-21-8-6-20(7-9-21)24-23(17-28-10-13-30-14-11-28)22-15-19(5-3-4-12-29)16-26-25(22)27-24/h6-9,15-16,18,29H,4,10-14,17H2,1-2H3,(H,26,27). The molecule has 4 rings (SSSR count). The number of aliphatic hydroxyl groups is 1. The molecule has 0 atom stereocenters. The van der Waals surface area contributed by atoms with Gasteiger partial charge in [-0.25, -0.2) is 4.98 Å². The third kappa shape index (κ3) is 5.26. The molecule has 3 aromatic rings. The van der Waals surface area contributed by atoms with E-state index in [0.717, 1.165) is 66.5 Å². The number of rotatable bonds is 6. The van der Waals surface area contributed by atoms with Gasteiger partial charge in [0.25, 0.3) is 0 Å². The Morgan fingerprint density at radius 2 is 2.00 bits per heavy atom. The van der Waals surface area contributed by atoms with E-state index in [1.165, 1.54) is 5.56 Å². The van der Waals surface area contributed by atoms with Crippen molar-refractivity contribution in [2.45, 2.75) is 32.9 Å². The molecule has 2 aromatic heterocycles. The number of hydrogen-bond acceptors (Lipinski definition) is 5. The number of hydrogen-bond donors (Lipinski definition) is 2. The van der Waals surface area contributed by atoms with E-state index >= 15 is 0 Å². The maximum absolute atomic E-state index is 8.99. The number of aromatic amines is 1. The molecular weight excluding hydrogens is 390 g/mol. The van der Waals surface area contributed by atoms with Crippen molar-refractivity contribution in [3.63, 3.8) is 0 Å². The summed E-state index contributed by atoms with van der Waals surface area (Å²) in [6.45, 7) is 8.28. The summed E-state index contributed by atoms with van der Waals surface area (Å²) in [4.78, 5) is 10.6. The molecule has 3 heterocycles. The molecule has 1 aliphatic rings. The molecule has 1 aliphatic heterocycles. The van der Waals surface area contributed by atoms with E-state index in [2.05, 4.69) is 44.9 Å². The zero-order chi connectivity index (χ0) is 21.6. The Balaban J connectivity index is 1.73. The average Bonchev–Trinajstić information content (AvgIpc) is 3.12. The van der Waals surface area contributed by atoms with Crippen molar-refractivity contribution in [1.29, 1.82) is 0 Å². The van der Waals surface area contributed by atoms with Gasteiger partial charge in [-0.3, -0.25) is 4.90 Å². The van der Waals surface area contributed by atoms with Crippen molar-refractivity contribution in [3.05, 3.63) is 47.7 Å². The molecule has 1 aromatic carbocycles. The van der Waals surface area contributed by atoms with E-state index in [9.17, 15) is 0 Å². The van der Waals surface area contributed by atoms with Crippen molar-refractivity contribution in [2.75, 3.05) is 32.9 Å². The summed E-state index contributed by atoms with van der Waals surface area (Å²) in [6.07, 6.45) is 2.39. The van der Waals surface area contributed by atoms with Crippen LogP contribution in [0.15, 0.2) is 36.5 Å². The quantitative estimate of drug-likeness (QED) is 0.598. The van der Waals surface area contributed by atoms with Crippen LogP contribution in [0.4, 0.5) is 0 Å². The summed E-state index contributed by atoms with van der Waals surface area (Å²) < 4.78 is 11.3. The SMILES string of the molecule is CC(C)Oc1ccc(-c2[nH]c3ncc(C#CCCO)cc3c2CN2CCOCC2)cc1. The van der Waals surface area contributed by atoms with Crippen LogP contribution in [0.1, 0.15) is 31.4 Å². The van der Waals surface area contributed by atoms with Gasteiger partial charge in [0.2, 0.25) is 0 Å². The molecule has 162 valence electrons. The lowest BCUT2D eigenvalue weighted by atomic mass is 10.0. The largest absolute Gasteiger partial charge is 0.491 e. The molecule has 31 heavy (non-hydrogen) atoms. The highest BCUT2D eigenvalue weighted by atomic mass is 16.5. The molecule has 0 radical (unpaired) electrons. The number of nitrogens with one attached hydrogen (secondary N) is 1. The van der Waals surface area contributed by atoms with E-state index in [1.807, 2.05) is 26.0 Å². The third-order valence-corrected chi connectivity index (χ3v) is 5.23. The molecule has 0 aliphatic carbocycles. The van der Waals surface area contributed by atoms with E-state index in [0.29, 0.717) is 6.42 Å². The van der Waals surface area contributed by atoms with Gasteiger partial charge in [0.1, 0.15) is 11.4 Å². The van der Waals surface area contributed by atoms with Crippen molar-refractivity contribution in [3.8, 4) is 28.8 Å². The maximum Gasteiger partial charge on any atom is 0.138 e. The van der Waals surface area contributed by atoms with Crippen LogP contribution in [0, 0.1) is 11.8 Å². The zero-order valence-corrected chi connectivity index (χ0v) is 18.1. The fourth-order valence-corrected chi connectivity index (χ4v) is 3.78. The molecule has 2 N–H and O–H groups in total. The smallest absolute Gasteiger partial charge is 0.138 e. The first kappa shape index (κ1) is 21.4. The van der Waals surface area contributed by atoms with Crippen LogP contribution in [0.2, 0.25) is 0 Å². The van der Waals surface area contributed by atoms with Crippen molar-refractivity contribution >= 4 is 11.0 Å². The van der Waals surface area contributed by atoms with Crippen LogP contribution in [-0.4, -0.2) is 59.0 Å². The number of nitrogens with zero attached hydrogens (tertiary/aromatic N) is 2. The van der Waals surface area contributed by atoms with Crippen LogP contribution >= 0.6 is 0 Å². The second kappa shape index (κ2) is 9.97. The summed E-state index contributed by atoms with van der Waals surface area (Å²) in [5.41, 5.74) is 5.10. The molecular formula is C25H29N3O3. The summed E-state index contributed by atoms with van der Waals surface area (Å²) >= 11 is 0. The summed E-state index contributed by atoms with van der Waals surface area (Å²) in [7, 11) is 0. The van der Waals surface area contributed by atoms with Crippen molar-refractivity contribution < 1.29 is 14.6 Å². The van der Waals surface area contributed by atoms with Crippen LogP contribution in [-0.2, 0) is 11.3 Å². The monoisotopic (exact) mass is 419 g/mol. The number of ether oxygens (including phenoxy) is 2. The van der Waals surface area contributed by atoms with E-state index in [-0.39, 0.29) is 12.7 Å². The predicted molar refractivity (Wildman–Crippen MR) is 122 cm³/mol. The average molecular weight is 420 g/mol. The Morgan fingerprint density at radius 1 is 1.23 bits per heavy atom. The third-order valence-electron chi connectivity index (χ3n) is 5.23. The Kier molecular flexibility index (Phi) is 6.88. The number of aromatic nitrogens is 2. The van der Waals surface area contributed by atoms with Crippen LogP contribution in [0.5, 0.6) is 5.75 Å². The Bertz CT molecular complexity index is 1070. The van der Waals surface area contributed by atoms with E-state index in [1.54, 1.807) is 6.20 Å². The van der Waals surface area contributed by atoms with Crippen molar-refractivity contribution in [1.82, 2.24) is 14.9 Å². The lowest BCUT2D eigenvalue weighted by Crippen LogP contribution is -2.35. The molecule has 6 heteroatoms. The summed E-state index contributed by atoms with van der Waals surface area (Å²) in [5, 5.41) is 10.1. The number of fused-ring (bicyclic) bond motifs is 1. The van der Waals surface area contributed by atoms with Crippen LogP contribution in [0.25, 0.3) is 22.3 Å². The lowest BCUT2D eigenvalue weighted by Gasteiger charge is -2.26. The van der Waals surface area contributed by atoms with Gasteiger partial charge in [-0.05, 0) is 49.7 Å². The molecule has 0 amide bonds. The van der Waals surface area contributed by atoms with Crippen molar-refractivity contribution in [2.24, 2.45) is 0 Å². The molecule has 1 fully saturated rings. The molecule has 0 saturated carbocycles. The molecule has 6 nitrogen and oxygen atoms in total. The Labute approximate surface area is 183 Å². The highest BCUT2D eigenvalue weighted by Gasteiger charge is 2.19.